The number of pyridine rings is 1. The molecule has 1 unspecified atom stereocenters. The first-order valence-electron chi connectivity index (χ1n) is 5.36. The Kier molecular flexibility index (Phi) is 3.63. The quantitative estimate of drug-likeness (QED) is 0.821. The van der Waals surface area contributed by atoms with Crippen LogP contribution in [0.25, 0.3) is 0 Å². The molecule has 3 nitrogen and oxygen atoms in total. The zero-order valence-electron chi connectivity index (χ0n) is 9.11. The SMILES string of the molecule is OCc1ccc2c(n1)CCN(C(F)C(F)F)C2. The Morgan fingerprint density at radius 2 is 2.12 bits per heavy atom. The highest BCUT2D eigenvalue weighted by molar-refractivity contribution is 5.25. The second kappa shape index (κ2) is 5.01. The van der Waals surface area contributed by atoms with Gasteiger partial charge in [0.2, 0.25) is 6.30 Å². The van der Waals surface area contributed by atoms with Crippen LogP contribution in [0, 0.1) is 0 Å². The number of rotatable bonds is 3. The highest BCUT2D eigenvalue weighted by Crippen LogP contribution is 2.22. The number of hydrogen-bond donors (Lipinski definition) is 1. The molecule has 2 heterocycles. The molecule has 0 aliphatic carbocycles. The first-order chi connectivity index (χ1) is 8.11. The molecule has 1 aliphatic rings. The first-order valence-corrected chi connectivity index (χ1v) is 5.36. The summed E-state index contributed by atoms with van der Waals surface area (Å²) in [6, 6.07) is 3.33. The summed E-state index contributed by atoms with van der Waals surface area (Å²) in [5.41, 5.74) is 2.05. The topological polar surface area (TPSA) is 36.4 Å². The minimum atomic E-state index is -2.98. The van der Waals surface area contributed by atoms with Crippen LogP contribution < -0.4 is 0 Å². The third-order valence-corrected chi connectivity index (χ3v) is 2.85. The van der Waals surface area contributed by atoms with Crippen LogP contribution in [0.1, 0.15) is 17.0 Å². The van der Waals surface area contributed by atoms with Gasteiger partial charge in [0, 0.05) is 25.2 Å². The fourth-order valence-electron chi connectivity index (χ4n) is 1.94. The molecule has 1 N–H and O–H groups in total. The molecule has 0 fully saturated rings. The predicted molar refractivity (Wildman–Crippen MR) is 55.2 cm³/mol. The van der Waals surface area contributed by atoms with E-state index in [0.717, 1.165) is 16.2 Å². The first kappa shape index (κ1) is 12.3. The Bertz CT molecular complexity index is 400. The molecule has 0 saturated carbocycles. The summed E-state index contributed by atoms with van der Waals surface area (Å²) in [5, 5.41) is 8.92. The van der Waals surface area contributed by atoms with E-state index in [1.54, 1.807) is 12.1 Å². The van der Waals surface area contributed by atoms with Gasteiger partial charge in [0.05, 0.1) is 12.3 Å². The minimum absolute atomic E-state index is 0.138. The molecular formula is C11H13F3N2O. The molecule has 6 heteroatoms. The van der Waals surface area contributed by atoms with E-state index in [4.69, 9.17) is 5.11 Å². The van der Waals surface area contributed by atoms with Crippen molar-refractivity contribution in [1.29, 1.82) is 0 Å². The highest BCUT2D eigenvalue weighted by Gasteiger charge is 2.30. The van der Waals surface area contributed by atoms with Crippen molar-refractivity contribution in [2.45, 2.75) is 32.3 Å². The molecule has 0 saturated heterocycles. The summed E-state index contributed by atoms with van der Waals surface area (Å²) in [5.74, 6) is 0. The van der Waals surface area contributed by atoms with Gasteiger partial charge in [0.1, 0.15) is 0 Å². The minimum Gasteiger partial charge on any atom is -0.390 e. The molecule has 0 aromatic carbocycles. The Hall–Kier alpha value is -1.14. The maximum absolute atomic E-state index is 13.2. The van der Waals surface area contributed by atoms with Crippen LogP contribution in [0.4, 0.5) is 13.2 Å². The number of halogens is 3. The molecule has 2 rings (SSSR count). The van der Waals surface area contributed by atoms with Crippen molar-refractivity contribution in [2.24, 2.45) is 0 Å². The number of nitrogens with zero attached hydrogens (tertiary/aromatic N) is 2. The number of alkyl halides is 3. The maximum atomic E-state index is 13.2. The highest BCUT2D eigenvalue weighted by atomic mass is 19.3. The van der Waals surface area contributed by atoms with Gasteiger partial charge in [0.25, 0.3) is 6.43 Å². The standard InChI is InChI=1S/C11H13F3N2O/c12-10(13)11(14)16-4-3-9-7(5-16)1-2-8(6-17)15-9/h1-2,10-11,17H,3-6H2. The molecular weight excluding hydrogens is 233 g/mol. The lowest BCUT2D eigenvalue weighted by Gasteiger charge is -2.30. The van der Waals surface area contributed by atoms with Crippen molar-refractivity contribution in [1.82, 2.24) is 9.88 Å². The monoisotopic (exact) mass is 246 g/mol. The molecule has 0 radical (unpaired) electrons. The van der Waals surface area contributed by atoms with Gasteiger partial charge in [-0.15, -0.1) is 0 Å². The molecule has 94 valence electrons. The number of aromatic nitrogens is 1. The number of aliphatic hydroxyl groups excluding tert-OH is 1. The number of fused-ring (bicyclic) bond motifs is 1. The van der Waals surface area contributed by atoms with Gasteiger partial charge in [-0.25, -0.2) is 13.2 Å². The summed E-state index contributed by atoms with van der Waals surface area (Å²) in [4.78, 5) is 5.29. The Morgan fingerprint density at radius 1 is 1.35 bits per heavy atom. The second-order valence-corrected chi connectivity index (χ2v) is 3.99. The van der Waals surface area contributed by atoms with Crippen LogP contribution in [-0.2, 0) is 19.6 Å². The summed E-state index contributed by atoms with van der Waals surface area (Å²) >= 11 is 0. The average Bonchev–Trinajstić information content (AvgIpc) is 2.36. The third-order valence-electron chi connectivity index (χ3n) is 2.85. The van der Waals surface area contributed by atoms with Crippen molar-refractivity contribution in [2.75, 3.05) is 6.54 Å². The van der Waals surface area contributed by atoms with Gasteiger partial charge in [0.15, 0.2) is 0 Å². The number of hydrogen-bond acceptors (Lipinski definition) is 3. The van der Waals surface area contributed by atoms with E-state index >= 15 is 0 Å². The lowest BCUT2D eigenvalue weighted by molar-refractivity contribution is -0.0551. The number of aliphatic hydroxyl groups is 1. The molecule has 0 bridgehead atoms. The summed E-state index contributed by atoms with van der Waals surface area (Å²) in [6.45, 7) is 0.208. The Morgan fingerprint density at radius 3 is 2.76 bits per heavy atom. The lowest BCUT2D eigenvalue weighted by atomic mass is 10.0. The fraction of sp³-hybridized carbons (Fsp3) is 0.545. The Labute approximate surface area is 96.9 Å². The van der Waals surface area contributed by atoms with Crippen molar-refractivity contribution >= 4 is 0 Å². The average molecular weight is 246 g/mol. The van der Waals surface area contributed by atoms with E-state index < -0.39 is 12.7 Å². The van der Waals surface area contributed by atoms with E-state index in [1.807, 2.05) is 0 Å². The zero-order chi connectivity index (χ0) is 12.4. The van der Waals surface area contributed by atoms with Crippen LogP contribution in [0.15, 0.2) is 12.1 Å². The van der Waals surface area contributed by atoms with E-state index in [-0.39, 0.29) is 19.7 Å². The van der Waals surface area contributed by atoms with Crippen molar-refractivity contribution in [3.8, 4) is 0 Å². The normalized spacial score (nSPS) is 18.2. The molecule has 1 aliphatic heterocycles. The summed E-state index contributed by atoms with van der Waals surface area (Å²) in [6.07, 6.45) is -4.78. The van der Waals surface area contributed by atoms with Gasteiger partial charge in [-0.05, 0) is 11.6 Å². The van der Waals surface area contributed by atoms with Gasteiger partial charge in [-0.3, -0.25) is 9.88 Å². The van der Waals surface area contributed by atoms with Crippen molar-refractivity contribution in [3.05, 3.63) is 29.1 Å². The molecule has 1 atom stereocenters. The third kappa shape index (κ3) is 2.58. The second-order valence-electron chi connectivity index (χ2n) is 3.99. The van der Waals surface area contributed by atoms with E-state index in [1.165, 1.54) is 0 Å². The molecule has 17 heavy (non-hydrogen) atoms. The van der Waals surface area contributed by atoms with Gasteiger partial charge >= 0.3 is 0 Å². The lowest BCUT2D eigenvalue weighted by Crippen LogP contribution is -2.40. The van der Waals surface area contributed by atoms with Gasteiger partial charge in [-0.1, -0.05) is 6.07 Å². The van der Waals surface area contributed by atoms with Crippen molar-refractivity contribution in [3.63, 3.8) is 0 Å². The van der Waals surface area contributed by atoms with Crippen LogP contribution >= 0.6 is 0 Å². The van der Waals surface area contributed by atoms with Gasteiger partial charge < -0.3 is 5.11 Å². The van der Waals surface area contributed by atoms with Gasteiger partial charge in [-0.2, -0.15) is 0 Å². The molecule has 0 amide bonds. The van der Waals surface area contributed by atoms with Crippen LogP contribution in [0.5, 0.6) is 0 Å². The predicted octanol–water partition coefficient (Wildman–Crippen LogP) is 1.49. The molecule has 1 aromatic heterocycles. The Balaban J connectivity index is 2.14. The summed E-state index contributed by atoms with van der Waals surface area (Å²) in [7, 11) is 0. The largest absolute Gasteiger partial charge is 0.390 e. The smallest absolute Gasteiger partial charge is 0.282 e. The molecule has 0 spiro atoms. The van der Waals surface area contributed by atoms with E-state index in [0.29, 0.717) is 12.1 Å². The van der Waals surface area contributed by atoms with Crippen LogP contribution in [0.3, 0.4) is 0 Å². The zero-order valence-corrected chi connectivity index (χ0v) is 9.11. The van der Waals surface area contributed by atoms with Crippen LogP contribution in [-0.4, -0.2) is 34.3 Å². The fourth-order valence-corrected chi connectivity index (χ4v) is 1.94. The van der Waals surface area contributed by atoms with Crippen molar-refractivity contribution < 1.29 is 18.3 Å². The summed E-state index contributed by atoms with van der Waals surface area (Å²) < 4.78 is 37.7. The van der Waals surface area contributed by atoms with E-state index in [9.17, 15) is 13.2 Å². The van der Waals surface area contributed by atoms with Crippen LogP contribution in [0.2, 0.25) is 0 Å². The maximum Gasteiger partial charge on any atom is 0.282 e. The molecule has 1 aromatic rings. The van der Waals surface area contributed by atoms with E-state index in [2.05, 4.69) is 4.98 Å².